The van der Waals surface area contributed by atoms with Gasteiger partial charge in [-0.3, -0.25) is 4.79 Å². The molecule has 0 aliphatic rings. The summed E-state index contributed by atoms with van der Waals surface area (Å²) in [6, 6.07) is 6.06. The zero-order valence-corrected chi connectivity index (χ0v) is 11.6. The lowest BCUT2D eigenvalue weighted by Crippen LogP contribution is -1.98. The molecule has 0 bridgehead atoms. The third-order valence-electron chi connectivity index (χ3n) is 2.32. The second-order valence-corrected chi connectivity index (χ2v) is 5.96. The third kappa shape index (κ3) is 3.14. The minimum atomic E-state index is -0.849. The summed E-state index contributed by atoms with van der Waals surface area (Å²) in [5.74, 6) is -1.14. The van der Waals surface area contributed by atoms with Crippen LogP contribution in [0, 0.1) is 5.82 Å². The molecule has 0 aliphatic heterocycles. The van der Waals surface area contributed by atoms with E-state index in [1.54, 1.807) is 12.1 Å². The van der Waals surface area contributed by atoms with Gasteiger partial charge in [-0.1, -0.05) is 0 Å². The fourth-order valence-corrected chi connectivity index (χ4v) is 3.02. The predicted octanol–water partition coefficient (Wildman–Crippen LogP) is 3.73. The molecule has 1 N–H and O–H groups in total. The number of rotatable bonds is 4. The first-order chi connectivity index (χ1) is 8.56. The van der Waals surface area contributed by atoms with E-state index in [-0.39, 0.29) is 12.2 Å². The molecule has 0 fully saturated rings. The van der Waals surface area contributed by atoms with E-state index in [1.807, 2.05) is 0 Å². The maximum Gasteiger partial charge on any atom is 0.303 e. The number of carboxylic acid groups (broad SMARTS) is 1. The molecule has 6 heteroatoms. The summed E-state index contributed by atoms with van der Waals surface area (Å²) in [7, 11) is 0. The molecule has 0 saturated carbocycles. The number of thiazole rings is 1. The number of carbonyl (C=O) groups is 1. The molecule has 1 heterocycles. The van der Waals surface area contributed by atoms with E-state index in [2.05, 4.69) is 20.9 Å². The van der Waals surface area contributed by atoms with E-state index in [4.69, 9.17) is 5.11 Å². The molecule has 0 saturated heterocycles. The number of carboxylic acids is 1. The van der Waals surface area contributed by atoms with Crippen LogP contribution < -0.4 is 0 Å². The van der Waals surface area contributed by atoms with Gasteiger partial charge in [0.15, 0.2) is 0 Å². The molecule has 0 aliphatic carbocycles. The fraction of sp³-hybridized carbons (Fsp3) is 0.167. The summed E-state index contributed by atoms with van der Waals surface area (Å²) >= 11 is 4.78. The van der Waals surface area contributed by atoms with Crippen LogP contribution in [0.15, 0.2) is 28.1 Å². The first-order valence-corrected chi connectivity index (χ1v) is 6.80. The van der Waals surface area contributed by atoms with Gasteiger partial charge in [-0.25, -0.2) is 9.37 Å². The Balaban J connectivity index is 2.22. The monoisotopic (exact) mass is 329 g/mol. The Morgan fingerprint density at radius 3 is 2.67 bits per heavy atom. The van der Waals surface area contributed by atoms with Crippen molar-refractivity contribution in [3.63, 3.8) is 0 Å². The highest BCUT2D eigenvalue weighted by atomic mass is 79.9. The second-order valence-electron chi connectivity index (χ2n) is 3.64. The van der Waals surface area contributed by atoms with Crippen LogP contribution in [0.3, 0.4) is 0 Å². The van der Waals surface area contributed by atoms with Gasteiger partial charge in [0.05, 0.1) is 15.9 Å². The lowest BCUT2D eigenvalue weighted by Gasteiger charge is -1.95. The lowest BCUT2D eigenvalue weighted by atomic mass is 10.2. The number of nitrogens with zero attached hydrogens (tertiary/aromatic N) is 1. The molecule has 0 spiro atoms. The number of benzene rings is 1. The number of aryl methyl sites for hydroxylation is 1. The Bertz CT molecular complexity index is 568. The van der Waals surface area contributed by atoms with Crippen LogP contribution in [0.2, 0.25) is 0 Å². The van der Waals surface area contributed by atoms with Crippen LogP contribution in [0.1, 0.15) is 12.1 Å². The number of aromatic nitrogens is 1. The number of hydrogen-bond acceptors (Lipinski definition) is 3. The topological polar surface area (TPSA) is 50.2 Å². The molecule has 0 atom stereocenters. The van der Waals surface area contributed by atoms with Gasteiger partial charge >= 0.3 is 5.97 Å². The van der Waals surface area contributed by atoms with Gasteiger partial charge < -0.3 is 5.11 Å². The van der Waals surface area contributed by atoms with Gasteiger partial charge in [0.2, 0.25) is 0 Å². The van der Waals surface area contributed by atoms with Gasteiger partial charge in [-0.05, 0) is 40.2 Å². The van der Waals surface area contributed by atoms with Gasteiger partial charge in [-0.2, -0.15) is 0 Å². The third-order valence-corrected chi connectivity index (χ3v) is 4.19. The highest BCUT2D eigenvalue weighted by Gasteiger charge is 2.11. The normalized spacial score (nSPS) is 10.6. The Labute approximate surface area is 115 Å². The fourth-order valence-electron chi connectivity index (χ4n) is 1.43. The van der Waals surface area contributed by atoms with Crippen molar-refractivity contribution in [2.75, 3.05) is 0 Å². The van der Waals surface area contributed by atoms with E-state index in [1.165, 1.54) is 23.5 Å². The average Bonchev–Trinajstić information content (AvgIpc) is 2.69. The summed E-state index contributed by atoms with van der Waals surface area (Å²) in [6.45, 7) is 0. The van der Waals surface area contributed by atoms with E-state index < -0.39 is 5.97 Å². The van der Waals surface area contributed by atoms with Crippen LogP contribution in [-0.4, -0.2) is 16.1 Å². The predicted molar refractivity (Wildman–Crippen MR) is 71.2 cm³/mol. The smallest absolute Gasteiger partial charge is 0.303 e. The molecule has 1 aromatic carbocycles. The highest BCUT2D eigenvalue weighted by Crippen LogP contribution is 2.32. The molecule has 0 unspecified atom stereocenters. The maximum atomic E-state index is 12.8. The van der Waals surface area contributed by atoms with Crippen LogP contribution in [0.25, 0.3) is 10.6 Å². The molecule has 1 aromatic heterocycles. The summed E-state index contributed by atoms with van der Waals surface area (Å²) in [6.07, 6.45) is 0.429. The Kier molecular flexibility index (Phi) is 4.08. The van der Waals surface area contributed by atoms with Crippen molar-refractivity contribution in [1.82, 2.24) is 4.98 Å². The molecule has 94 valence electrons. The van der Waals surface area contributed by atoms with Gasteiger partial charge in [0.1, 0.15) is 10.8 Å². The van der Waals surface area contributed by atoms with E-state index >= 15 is 0 Å². The van der Waals surface area contributed by atoms with Crippen molar-refractivity contribution >= 4 is 33.2 Å². The summed E-state index contributed by atoms with van der Waals surface area (Å²) in [5.41, 5.74) is 1.55. The van der Waals surface area contributed by atoms with Crippen molar-refractivity contribution in [2.45, 2.75) is 12.8 Å². The Morgan fingerprint density at radius 1 is 1.39 bits per heavy atom. The molecule has 2 aromatic rings. The van der Waals surface area contributed by atoms with Crippen molar-refractivity contribution in [3.8, 4) is 10.6 Å². The van der Waals surface area contributed by atoms with Gasteiger partial charge in [0.25, 0.3) is 0 Å². The van der Waals surface area contributed by atoms with Gasteiger partial charge in [-0.15, -0.1) is 11.3 Å². The Hall–Kier alpha value is -1.27. The van der Waals surface area contributed by atoms with E-state index in [0.29, 0.717) is 6.42 Å². The zero-order chi connectivity index (χ0) is 13.1. The molecule has 0 radical (unpaired) electrons. The first kappa shape index (κ1) is 13.2. The minimum Gasteiger partial charge on any atom is -0.481 e. The summed E-state index contributed by atoms with van der Waals surface area (Å²) < 4.78 is 13.6. The van der Waals surface area contributed by atoms with Crippen LogP contribution in [-0.2, 0) is 11.2 Å². The molecular formula is C12H9BrFNO2S. The summed E-state index contributed by atoms with van der Waals surface area (Å²) in [5, 5.41) is 9.39. The molecule has 2 rings (SSSR count). The molecule has 3 nitrogen and oxygen atoms in total. The standard InChI is InChI=1S/C12H9BrFNO2S/c13-11-9(5-6-10(16)17)15-12(18-11)7-1-3-8(14)4-2-7/h1-4H,5-6H2,(H,16,17). The number of halogens is 2. The Morgan fingerprint density at radius 2 is 2.06 bits per heavy atom. The van der Waals surface area contributed by atoms with Crippen LogP contribution in [0.4, 0.5) is 4.39 Å². The van der Waals surface area contributed by atoms with Crippen LogP contribution in [0.5, 0.6) is 0 Å². The summed E-state index contributed by atoms with van der Waals surface area (Å²) in [4.78, 5) is 14.9. The van der Waals surface area contributed by atoms with Crippen LogP contribution >= 0.6 is 27.3 Å². The average molecular weight is 330 g/mol. The van der Waals surface area contributed by atoms with Gasteiger partial charge in [0, 0.05) is 12.0 Å². The number of aliphatic carboxylic acids is 1. The largest absolute Gasteiger partial charge is 0.481 e. The SMILES string of the molecule is O=C(O)CCc1nc(-c2ccc(F)cc2)sc1Br. The highest BCUT2D eigenvalue weighted by molar-refractivity contribution is 9.11. The van der Waals surface area contributed by atoms with Crippen molar-refractivity contribution in [3.05, 3.63) is 39.6 Å². The van der Waals surface area contributed by atoms with E-state index in [9.17, 15) is 9.18 Å². The molecular weight excluding hydrogens is 321 g/mol. The zero-order valence-electron chi connectivity index (χ0n) is 9.19. The van der Waals surface area contributed by atoms with Crippen molar-refractivity contribution in [1.29, 1.82) is 0 Å². The van der Waals surface area contributed by atoms with Crippen molar-refractivity contribution in [2.24, 2.45) is 0 Å². The van der Waals surface area contributed by atoms with E-state index in [0.717, 1.165) is 20.1 Å². The number of hydrogen-bond donors (Lipinski definition) is 1. The van der Waals surface area contributed by atoms with Crippen molar-refractivity contribution < 1.29 is 14.3 Å². The maximum absolute atomic E-state index is 12.8. The second kappa shape index (κ2) is 5.58. The minimum absolute atomic E-state index is 0.0468. The molecule has 18 heavy (non-hydrogen) atoms. The first-order valence-electron chi connectivity index (χ1n) is 5.19. The molecule has 0 amide bonds. The quantitative estimate of drug-likeness (QED) is 0.929. The lowest BCUT2D eigenvalue weighted by molar-refractivity contribution is -0.136.